The fraction of sp³-hybridized carbons (Fsp3) is 0.655. The zero-order valence-corrected chi connectivity index (χ0v) is 20.5. The van der Waals surface area contributed by atoms with Gasteiger partial charge in [0.2, 0.25) is 5.91 Å². The molecule has 3 saturated carbocycles. The van der Waals surface area contributed by atoms with Crippen LogP contribution in [0.5, 0.6) is 0 Å². The topological polar surface area (TPSA) is 46.6 Å². The van der Waals surface area contributed by atoms with Gasteiger partial charge in [0, 0.05) is 25.6 Å². The molecule has 1 saturated heterocycles. The first-order valence-corrected chi connectivity index (χ1v) is 13.0. The molecule has 2 unspecified atom stereocenters. The number of hydrogen-bond donors (Lipinski definition) is 0. The molecule has 4 fully saturated rings. The average molecular weight is 450 g/mol. The van der Waals surface area contributed by atoms with E-state index in [1.807, 2.05) is 43.5 Å². The van der Waals surface area contributed by atoms with Crippen LogP contribution < -0.4 is 0 Å². The van der Waals surface area contributed by atoms with Crippen LogP contribution in [-0.4, -0.2) is 36.5 Å². The summed E-state index contributed by atoms with van der Waals surface area (Å²) in [6.07, 6.45) is 12.5. The summed E-state index contributed by atoms with van der Waals surface area (Å²) < 4.78 is 5.76. The quantitative estimate of drug-likeness (QED) is 0.436. The van der Waals surface area contributed by atoms with E-state index in [0.29, 0.717) is 30.9 Å². The number of nitrogens with zero attached hydrogens (tertiary/aromatic N) is 1. The number of carbonyl (C=O) groups is 2. The lowest BCUT2D eigenvalue weighted by Crippen LogP contribution is -2.61. The zero-order valence-electron chi connectivity index (χ0n) is 20.5. The average Bonchev–Trinajstić information content (AvgIpc) is 3.16. The van der Waals surface area contributed by atoms with Crippen LogP contribution in [0.1, 0.15) is 70.8 Å². The first-order valence-electron chi connectivity index (χ1n) is 13.0. The fourth-order valence-corrected chi connectivity index (χ4v) is 8.49. The first-order chi connectivity index (χ1) is 15.8. The minimum atomic E-state index is -0.234. The Labute approximate surface area is 198 Å². The fourth-order valence-electron chi connectivity index (χ4n) is 8.49. The van der Waals surface area contributed by atoms with Crippen molar-refractivity contribution in [1.29, 1.82) is 0 Å². The van der Waals surface area contributed by atoms with Crippen molar-refractivity contribution in [3.63, 3.8) is 0 Å². The maximum absolute atomic E-state index is 12.4. The summed E-state index contributed by atoms with van der Waals surface area (Å²) in [7, 11) is 2.03. The van der Waals surface area contributed by atoms with Gasteiger partial charge in [-0.25, -0.2) is 4.79 Å². The van der Waals surface area contributed by atoms with E-state index in [0.717, 1.165) is 36.2 Å². The molecule has 4 aliphatic rings. The van der Waals surface area contributed by atoms with Crippen molar-refractivity contribution in [3.8, 4) is 0 Å². The molecule has 5 rings (SSSR count). The molecule has 1 aromatic carbocycles. The van der Waals surface area contributed by atoms with Crippen LogP contribution in [-0.2, 0) is 14.3 Å². The highest BCUT2D eigenvalue weighted by Crippen LogP contribution is 2.66. The van der Waals surface area contributed by atoms with E-state index in [1.165, 1.54) is 32.1 Å². The Balaban J connectivity index is 1.24. The van der Waals surface area contributed by atoms with Crippen molar-refractivity contribution in [1.82, 2.24) is 4.90 Å². The molecule has 1 aliphatic heterocycles. The Morgan fingerprint density at radius 3 is 2.58 bits per heavy atom. The molecular formula is C29H39NO3. The minimum Gasteiger partial charge on any atom is -0.462 e. The number of fused-ring (bicyclic) bond motifs is 5. The second-order valence-corrected chi connectivity index (χ2v) is 11.7. The Bertz CT molecular complexity index is 926. The molecule has 0 aromatic heterocycles. The minimum absolute atomic E-state index is 0.234. The molecule has 3 aliphatic carbocycles. The second kappa shape index (κ2) is 8.60. The van der Waals surface area contributed by atoms with Gasteiger partial charge in [0.15, 0.2) is 0 Å². The van der Waals surface area contributed by atoms with Gasteiger partial charge >= 0.3 is 5.97 Å². The predicted octanol–water partition coefficient (Wildman–Crippen LogP) is 5.72. The van der Waals surface area contributed by atoms with E-state index in [4.69, 9.17) is 4.74 Å². The van der Waals surface area contributed by atoms with Gasteiger partial charge in [-0.1, -0.05) is 44.2 Å². The maximum atomic E-state index is 12.4. The summed E-state index contributed by atoms with van der Waals surface area (Å²) in [4.78, 5) is 26.8. The lowest BCUT2D eigenvalue weighted by atomic mass is 9.47. The summed E-state index contributed by atoms with van der Waals surface area (Å²) in [5.74, 6) is 2.76. The molecule has 1 amide bonds. The van der Waals surface area contributed by atoms with Crippen molar-refractivity contribution < 1.29 is 14.3 Å². The summed E-state index contributed by atoms with van der Waals surface area (Å²) in [6, 6.07) is 10.3. The molecule has 33 heavy (non-hydrogen) atoms. The van der Waals surface area contributed by atoms with Crippen LogP contribution in [0.2, 0.25) is 0 Å². The molecule has 1 aromatic rings. The largest absolute Gasteiger partial charge is 0.462 e. The third kappa shape index (κ3) is 3.84. The third-order valence-electron chi connectivity index (χ3n) is 10.4. The molecule has 0 radical (unpaired) electrons. The van der Waals surface area contributed by atoms with Gasteiger partial charge in [0.05, 0.1) is 6.61 Å². The number of rotatable bonds is 4. The van der Waals surface area contributed by atoms with Crippen LogP contribution in [0.25, 0.3) is 6.08 Å². The highest BCUT2D eigenvalue weighted by atomic mass is 16.5. The number of hydrogen-bond acceptors (Lipinski definition) is 3. The molecule has 4 heteroatoms. The van der Waals surface area contributed by atoms with Crippen molar-refractivity contribution in [2.75, 3.05) is 13.7 Å². The van der Waals surface area contributed by atoms with Gasteiger partial charge in [-0.05, 0) is 91.1 Å². The standard InChI is InChI=1S/C29H39NO3/c1-28-17-15-24-22(11-13-25-29(24,2)18-16-26(31)30(25)3)23(28)12-10-21(28)19-33-27(32)14-9-20-7-5-4-6-8-20/h4-9,14,21-25H,10-13,15-19H2,1-3H3/b14-9+/t21?,22-,23-,24+,25?,28+,29+/m0/s1. The van der Waals surface area contributed by atoms with E-state index in [-0.39, 0.29) is 16.8 Å². The Hall–Kier alpha value is -2.10. The van der Waals surface area contributed by atoms with E-state index >= 15 is 0 Å². The molecule has 4 nitrogen and oxygen atoms in total. The summed E-state index contributed by atoms with van der Waals surface area (Å²) >= 11 is 0. The van der Waals surface area contributed by atoms with E-state index in [2.05, 4.69) is 18.7 Å². The number of esters is 1. The van der Waals surface area contributed by atoms with Gasteiger partial charge in [-0.15, -0.1) is 0 Å². The van der Waals surface area contributed by atoms with Crippen molar-refractivity contribution in [3.05, 3.63) is 42.0 Å². The molecular weight excluding hydrogens is 410 g/mol. The summed E-state index contributed by atoms with van der Waals surface area (Å²) in [5.41, 5.74) is 1.55. The monoisotopic (exact) mass is 449 g/mol. The van der Waals surface area contributed by atoms with Gasteiger partial charge < -0.3 is 9.64 Å². The highest BCUT2D eigenvalue weighted by Gasteiger charge is 2.61. The highest BCUT2D eigenvalue weighted by molar-refractivity contribution is 5.87. The van der Waals surface area contributed by atoms with Gasteiger partial charge in [0.1, 0.15) is 0 Å². The third-order valence-corrected chi connectivity index (χ3v) is 10.4. The lowest BCUT2D eigenvalue weighted by molar-refractivity contribution is -0.160. The molecule has 178 valence electrons. The molecule has 7 atom stereocenters. The van der Waals surface area contributed by atoms with Crippen molar-refractivity contribution >= 4 is 18.0 Å². The molecule has 1 heterocycles. The van der Waals surface area contributed by atoms with Gasteiger partial charge in [-0.2, -0.15) is 0 Å². The van der Waals surface area contributed by atoms with Crippen LogP contribution in [0.3, 0.4) is 0 Å². The van der Waals surface area contributed by atoms with Crippen LogP contribution >= 0.6 is 0 Å². The molecule has 0 spiro atoms. The van der Waals surface area contributed by atoms with E-state index < -0.39 is 0 Å². The van der Waals surface area contributed by atoms with Crippen LogP contribution in [0.15, 0.2) is 36.4 Å². The summed E-state index contributed by atoms with van der Waals surface area (Å²) in [6.45, 7) is 5.50. The maximum Gasteiger partial charge on any atom is 0.330 e. The normalized spacial score (nSPS) is 40.3. The molecule has 0 N–H and O–H groups in total. The number of piperidine rings is 1. The number of ether oxygens (including phenoxy) is 1. The number of benzene rings is 1. The smallest absolute Gasteiger partial charge is 0.330 e. The van der Waals surface area contributed by atoms with Gasteiger partial charge in [-0.3, -0.25) is 4.79 Å². The van der Waals surface area contributed by atoms with Crippen molar-refractivity contribution in [2.45, 2.75) is 71.3 Å². The van der Waals surface area contributed by atoms with Crippen LogP contribution in [0, 0.1) is 34.5 Å². The second-order valence-electron chi connectivity index (χ2n) is 11.7. The van der Waals surface area contributed by atoms with Crippen molar-refractivity contribution in [2.24, 2.45) is 34.5 Å². The summed E-state index contributed by atoms with van der Waals surface area (Å²) in [5, 5.41) is 0. The van der Waals surface area contributed by atoms with Crippen LogP contribution in [0.4, 0.5) is 0 Å². The number of amides is 1. The first kappa shape index (κ1) is 22.7. The molecule has 0 bridgehead atoms. The Morgan fingerprint density at radius 2 is 1.79 bits per heavy atom. The number of carbonyl (C=O) groups excluding carboxylic acids is 2. The zero-order chi connectivity index (χ0) is 23.2. The van der Waals surface area contributed by atoms with E-state index in [1.54, 1.807) is 6.08 Å². The Kier molecular flexibility index (Phi) is 5.91. The SMILES string of the molecule is CN1C(=O)CC[C@@]2(C)C1CC[C@@H]1[C@H]2CC[C@]2(C)C(COC(=O)/C=C/c3ccccc3)CC[C@@H]12. The lowest BCUT2D eigenvalue weighted by Gasteiger charge is -2.61. The van der Waals surface area contributed by atoms with E-state index in [9.17, 15) is 9.59 Å². The Morgan fingerprint density at radius 1 is 1.03 bits per heavy atom. The predicted molar refractivity (Wildman–Crippen MR) is 130 cm³/mol. The van der Waals surface area contributed by atoms with Gasteiger partial charge in [0.25, 0.3) is 0 Å². The number of likely N-dealkylation sites (tertiary alicyclic amines) is 1.